The molecule has 1 N–H and O–H groups in total. The number of amides is 2. The molecule has 150 valence electrons. The third kappa shape index (κ3) is 5.72. The van der Waals surface area contributed by atoms with Gasteiger partial charge in [-0.3, -0.25) is 9.59 Å². The maximum atomic E-state index is 12.9. The van der Waals surface area contributed by atoms with Crippen molar-refractivity contribution >= 4 is 39.3 Å². The van der Waals surface area contributed by atoms with Gasteiger partial charge in [0.1, 0.15) is 11.8 Å². The van der Waals surface area contributed by atoms with Gasteiger partial charge in [-0.2, -0.15) is 0 Å². The third-order valence-electron chi connectivity index (χ3n) is 4.45. The standard InChI is InChI=1S/C21H24BrClN2O3/c1-13-9-18(10-14(2)20(13)22)28-12-19(26)25(15(3)21(27)24-4)11-16-5-7-17(23)8-6-16/h5-10,15H,11-12H2,1-4H3,(H,24,27)/t15-/m0/s1. The van der Waals surface area contributed by atoms with Gasteiger partial charge >= 0.3 is 0 Å². The lowest BCUT2D eigenvalue weighted by molar-refractivity contribution is -0.142. The van der Waals surface area contributed by atoms with Crippen LogP contribution in [0.1, 0.15) is 23.6 Å². The molecule has 7 heteroatoms. The van der Waals surface area contributed by atoms with Gasteiger partial charge < -0.3 is 15.0 Å². The Morgan fingerprint density at radius 1 is 1.18 bits per heavy atom. The predicted molar refractivity (Wildman–Crippen MR) is 115 cm³/mol. The van der Waals surface area contributed by atoms with Crippen molar-refractivity contribution in [3.63, 3.8) is 0 Å². The lowest BCUT2D eigenvalue weighted by atomic mass is 10.1. The van der Waals surface area contributed by atoms with Crippen molar-refractivity contribution < 1.29 is 14.3 Å². The number of nitrogens with zero attached hydrogens (tertiary/aromatic N) is 1. The minimum Gasteiger partial charge on any atom is -0.484 e. The highest BCUT2D eigenvalue weighted by Gasteiger charge is 2.26. The molecule has 0 spiro atoms. The van der Waals surface area contributed by atoms with Crippen LogP contribution in [0.15, 0.2) is 40.9 Å². The van der Waals surface area contributed by atoms with Crippen molar-refractivity contribution in [3.05, 3.63) is 62.6 Å². The number of carbonyl (C=O) groups excluding carboxylic acids is 2. The monoisotopic (exact) mass is 466 g/mol. The van der Waals surface area contributed by atoms with Crippen LogP contribution in [0.3, 0.4) is 0 Å². The zero-order valence-corrected chi connectivity index (χ0v) is 18.7. The Balaban J connectivity index is 2.16. The van der Waals surface area contributed by atoms with Crippen molar-refractivity contribution in [1.82, 2.24) is 10.2 Å². The van der Waals surface area contributed by atoms with Gasteiger partial charge in [-0.1, -0.05) is 39.7 Å². The lowest BCUT2D eigenvalue weighted by Gasteiger charge is -2.28. The first-order valence-corrected chi connectivity index (χ1v) is 10.0. The summed E-state index contributed by atoms with van der Waals surface area (Å²) < 4.78 is 6.74. The van der Waals surface area contributed by atoms with Gasteiger partial charge in [0.25, 0.3) is 5.91 Å². The summed E-state index contributed by atoms with van der Waals surface area (Å²) in [5.41, 5.74) is 2.93. The van der Waals surface area contributed by atoms with Crippen LogP contribution >= 0.6 is 27.5 Å². The topological polar surface area (TPSA) is 58.6 Å². The van der Waals surface area contributed by atoms with Crippen LogP contribution in [0.2, 0.25) is 5.02 Å². The molecule has 28 heavy (non-hydrogen) atoms. The molecule has 0 aliphatic heterocycles. The highest BCUT2D eigenvalue weighted by atomic mass is 79.9. The van der Waals surface area contributed by atoms with Crippen molar-refractivity contribution in [1.29, 1.82) is 0 Å². The SMILES string of the molecule is CNC(=O)[C@H](C)N(Cc1ccc(Cl)cc1)C(=O)COc1cc(C)c(Br)c(C)c1. The van der Waals surface area contributed by atoms with E-state index < -0.39 is 6.04 Å². The summed E-state index contributed by atoms with van der Waals surface area (Å²) in [4.78, 5) is 26.5. The number of likely N-dealkylation sites (N-methyl/N-ethyl adjacent to an activating group) is 1. The van der Waals surface area contributed by atoms with Gasteiger partial charge in [-0.05, 0) is 61.7 Å². The summed E-state index contributed by atoms with van der Waals surface area (Å²) in [7, 11) is 1.55. The highest BCUT2D eigenvalue weighted by molar-refractivity contribution is 9.10. The molecule has 0 aliphatic rings. The Morgan fingerprint density at radius 3 is 2.29 bits per heavy atom. The number of carbonyl (C=O) groups is 2. The van der Waals surface area contributed by atoms with E-state index in [-0.39, 0.29) is 25.0 Å². The van der Waals surface area contributed by atoms with Crippen molar-refractivity contribution in [3.8, 4) is 5.75 Å². The van der Waals surface area contributed by atoms with E-state index in [1.54, 1.807) is 26.1 Å². The Kier molecular flexibility index (Phi) is 7.89. The highest BCUT2D eigenvalue weighted by Crippen LogP contribution is 2.26. The van der Waals surface area contributed by atoms with E-state index in [1.165, 1.54) is 4.90 Å². The summed E-state index contributed by atoms with van der Waals surface area (Å²) in [6.07, 6.45) is 0. The Labute approximate surface area is 179 Å². The van der Waals surface area contributed by atoms with Crippen molar-refractivity contribution in [2.45, 2.75) is 33.4 Å². The van der Waals surface area contributed by atoms with E-state index in [2.05, 4.69) is 21.2 Å². The van der Waals surface area contributed by atoms with Crippen LogP contribution in [0.4, 0.5) is 0 Å². The first-order valence-electron chi connectivity index (χ1n) is 8.88. The summed E-state index contributed by atoms with van der Waals surface area (Å²) in [5.74, 6) is 0.104. The molecule has 2 aromatic rings. The molecule has 0 fully saturated rings. The Morgan fingerprint density at radius 2 is 1.75 bits per heavy atom. The van der Waals surface area contributed by atoms with Gasteiger partial charge in [-0.15, -0.1) is 0 Å². The number of ether oxygens (including phenoxy) is 1. The van der Waals surface area contributed by atoms with Gasteiger partial charge in [0.2, 0.25) is 5.91 Å². The van der Waals surface area contributed by atoms with Gasteiger partial charge in [0, 0.05) is 23.1 Å². The molecule has 2 amide bonds. The first-order chi connectivity index (χ1) is 13.2. The quantitative estimate of drug-likeness (QED) is 0.662. The number of halogens is 2. The summed E-state index contributed by atoms with van der Waals surface area (Å²) >= 11 is 9.45. The average molecular weight is 468 g/mol. The van der Waals surface area contributed by atoms with Gasteiger partial charge in [0.15, 0.2) is 6.61 Å². The largest absolute Gasteiger partial charge is 0.484 e. The van der Waals surface area contributed by atoms with Crippen LogP contribution in [0.5, 0.6) is 5.75 Å². The van der Waals surface area contributed by atoms with Crippen LogP contribution in [0.25, 0.3) is 0 Å². The number of benzene rings is 2. The summed E-state index contributed by atoms with van der Waals surface area (Å²) in [5, 5.41) is 3.21. The lowest BCUT2D eigenvalue weighted by Crippen LogP contribution is -2.48. The maximum Gasteiger partial charge on any atom is 0.261 e. The second-order valence-corrected chi connectivity index (χ2v) is 7.83. The van der Waals surface area contributed by atoms with E-state index in [1.807, 2.05) is 38.1 Å². The second-order valence-electron chi connectivity index (χ2n) is 6.60. The molecule has 1 atom stereocenters. The van der Waals surface area contributed by atoms with Gasteiger partial charge in [0.05, 0.1) is 0 Å². The molecule has 2 aromatic carbocycles. The van der Waals surface area contributed by atoms with E-state index in [4.69, 9.17) is 16.3 Å². The van der Waals surface area contributed by atoms with E-state index in [0.29, 0.717) is 10.8 Å². The fourth-order valence-electron chi connectivity index (χ4n) is 2.80. The average Bonchev–Trinajstić information content (AvgIpc) is 2.68. The van der Waals surface area contributed by atoms with Crippen LogP contribution in [-0.4, -0.2) is 36.4 Å². The van der Waals surface area contributed by atoms with Crippen LogP contribution in [-0.2, 0) is 16.1 Å². The predicted octanol–water partition coefficient (Wildman–Crippen LogP) is 4.26. The molecule has 5 nitrogen and oxygen atoms in total. The van der Waals surface area contributed by atoms with E-state index in [0.717, 1.165) is 21.2 Å². The number of nitrogens with one attached hydrogen (secondary N) is 1. The summed E-state index contributed by atoms with van der Waals surface area (Å²) in [6, 6.07) is 10.3. The molecular weight excluding hydrogens is 444 g/mol. The zero-order chi connectivity index (χ0) is 20.8. The second kappa shape index (κ2) is 9.94. The number of rotatable bonds is 7. The van der Waals surface area contributed by atoms with Crippen molar-refractivity contribution in [2.75, 3.05) is 13.7 Å². The summed E-state index contributed by atoms with van der Waals surface area (Å²) in [6.45, 7) is 5.75. The molecular formula is C21H24BrClN2O3. The number of hydrogen-bond acceptors (Lipinski definition) is 3. The molecule has 0 bridgehead atoms. The Hall–Kier alpha value is -2.05. The van der Waals surface area contributed by atoms with E-state index in [9.17, 15) is 9.59 Å². The molecule has 2 rings (SSSR count). The first kappa shape index (κ1) is 22.2. The van der Waals surface area contributed by atoms with Crippen molar-refractivity contribution in [2.24, 2.45) is 0 Å². The molecule has 0 unspecified atom stereocenters. The number of hydrogen-bond donors (Lipinski definition) is 1. The molecule has 0 aromatic heterocycles. The smallest absolute Gasteiger partial charge is 0.261 e. The Bertz CT molecular complexity index is 832. The third-order valence-corrected chi connectivity index (χ3v) is 5.95. The minimum atomic E-state index is -0.634. The molecule has 0 saturated heterocycles. The fourth-order valence-corrected chi connectivity index (χ4v) is 3.15. The molecule has 0 aliphatic carbocycles. The molecule has 0 saturated carbocycles. The van der Waals surface area contributed by atoms with Gasteiger partial charge in [-0.25, -0.2) is 0 Å². The number of aryl methyl sites for hydroxylation is 2. The normalized spacial score (nSPS) is 11.6. The van der Waals surface area contributed by atoms with Crippen LogP contribution < -0.4 is 10.1 Å². The van der Waals surface area contributed by atoms with E-state index >= 15 is 0 Å². The maximum absolute atomic E-state index is 12.9. The molecule has 0 radical (unpaired) electrons. The minimum absolute atomic E-state index is 0.157. The fraction of sp³-hybridized carbons (Fsp3) is 0.333. The zero-order valence-electron chi connectivity index (χ0n) is 16.4. The van der Waals surface area contributed by atoms with Crippen LogP contribution in [0, 0.1) is 13.8 Å². The molecule has 0 heterocycles.